The first-order valence-electron chi connectivity index (χ1n) is 8.45. The summed E-state index contributed by atoms with van der Waals surface area (Å²) in [6.07, 6.45) is 2.52. The maximum Gasteiger partial charge on any atom is 0.315 e. The lowest BCUT2D eigenvalue weighted by Gasteiger charge is -2.27. The molecule has 3 amide bonds. The van der Waals surface area contributed by atoms with E-state index in [-0.39, 0.29) is 11.9 Å². The molecular weight excluding hydrogens is 354 g/mol. The van der Waals surface area contributed by atoms with Gasteiger partial charge in [0.1, 0.15) is 6.04 Å². The molecule has 0 aromatic carbocycles. The molecule has 0 aliphatic heterocycles. The number of thiophene rings is 2. The van der Waals surface area contributed by atoms with E-state index in [2.05, 4.69) is 17.6 Å². The highest BCUT2D eigenvalue weighted by Crippen LogP contribution is 2.19. The highest BCUT2D eigenvalue weighted by molar-refractivity contribution is 7.10. The van der Waals surface area contributed by atoms with Gasteiger partial charge in [-0.2, -0.15) is 0 Å². The first-order valence-corrected chi connectivity index (χ1v) is 10.2. The van der Waals surface area contributed by atoms with Crippen LogP contribution in [0.2, 0.25) is 0 Å². The van der Waals surface area contributed by atoms with Crippen molar-refractivity contribution in [3.8, 4) is 0 Å². The Bertz CT molecular complexity index is 605. The maximum absolute atomic E-state index is 13.1. The number of rotatable bonds is 9. The molecule has 5 nitrogen and oxygen atoms in total. The predicted octanol–water partition coefficient (Wildman–Crippen LogP) is 3.83. The van der Waals surface area contributed by atoms with Crippen LogP contribution in [0.3, 0.4) is 0 Å². The molecule has 2 aromatic rings. The van der Waals surface area contributed by atoms with E-state index in [1.165, 1.54) is 0 Å². The SMILES string of the molecule is CCCC[C@H](NC(=O)NC)C(=O)N(Cc1cccs1)Cc1cccs1. The molecule has 7 heteroatoms. The third-order valence-electron chi connectivity index (χ3n) is 3.84. The Morgan fingerprint density at radius 3 is 2.16 bits per heavy atom. The summed E-state index contributed by atoms with van der Waals surface area (Å²) >= 11 is 3.28. The van der Waals surface area contributed by atoms with Crippen LogP contribution in [0.5, 0.6) is 0 Å². The van der Waals surface area contributed by atoms with Crippen molar-refractivity contribution in [2.45, 2.75) is 45.3 Å². The molecular formula is C18H25N3O2S2. The second-order valence-corrected chi connectivity index (χ2v) is 7.84. The monoisotopic (exact) mass is 379 g/mol. The Balaban J connectivity index is 2.15. The third kappa shape index (κ3) is 6.17. The molecule has 0 saturated heterocycles. The van der Waals surface area contributed by atoms with Crippen LogP contribution in [0, 0.1) is 0 Å². The standard InChI is InChI=1S/C18H25N3O2S2/c1-3-4-9-16(20-18(23)19-2)17(22)21(12-14-7-5-10-24-14)13-15-8-6-11-25-15/h5-8,10-11,16H,3-4,9,12-13H2,1-2H3,(H2,19,20,23)/t16-/m0/s1. The number of amides is 3. The Labute approximate surface area is 157 Å². The normalized spacial score (nSPS) is 11.8. The average Bonchev–Trinajstić information content (AvgIpc) is 3.31. The molecule has 0 saturated carbocycles. The fraction of sp³-hybridized carbons (Fsp3) is 0.444. The van der Waals surface area contributed by atoms with Crippen LogP contribution in [0.15, 0.2) is 35.0 Å². The third-order valence-corrected chi connectivity index (χ3v) is 5.56. The number of urea groups is 1. The van der Waals surface area contributed by atoms with Gasteiger partial charge in [0.25, 0.3) is 0 Å². The van der Waals surface area contributed by atoms with Crippen molar-refractivity contribution in [1.82, 2.24) is 15.5 Å². The molecule has 136 valence electrons. The van der Waals surface area contributed by atoms with E-state index < -0.39 is 6.04 Å². The average molecular weight is 380 g/mol. The molecule has 0 bridgehead atoms. The van der Waals surface area contributed by atoms with Crippen molar-refractivity contribution in [2.75, 3.05) is 7.05 Å². The van der Waals surface area contributed by atoms with Gasteiger partial charge in [-0.05, 0) is 29.3 Å². The molecule has 1 atom stereocenters. The van der Waals surface area contributed by atoms with Crippen LogP contribution in [0.4, 0.5) is 4.79 Å². The smallest absolute Gasteiger partial charge is 0.315 e. The van der Waals surface area contributed by atoms with Gasteiger partial charge in [0.15, 0.2) is 0 Å². The molecule has 2 N–H and O–H groups in total. The first-order chi connectivity index (χ1) is 12.1. The number of hydrogen-bond donors (Lipinski definition) is 2. The molecule has 0 spiro atoms. The molecule has 0 fully saturated rings. The van der Waals surface area contributed by atoms with Gasteiger partial charge in [-0.1, -0.05) is 31.9 Å². The summed E-state index contributed by atoms with van der Waals surface area (Å²) < 4.78 is 0. The second kappa shape index (κ2) is 10.2. The minimum Gasteiger partial charge on any atom is -0.341 e. The summed E-state index contributed by atoms with van der Waals surface area (Å²) in [6.45, 7) is 3.20. The van der Waals surface area contributed by atoms with Gasteiger partial charge < -0.3 is 15.5 Å². The Hall–Kier alpha value is -1.86. The zero-order valence-electron chi connectivity index (χ0n) is 14.7. The number of nitrogens with one attached hydrogen (secondary N) is 2. The summed E-state index contributed by atoms with van der Waals surface area (Å²) in [5, 5.41) is 9.38. The molecule has 0 aliphatic carbocycles. The molecule has 2 rings (SSSR count). The van der Waals surface area contributed by atoms with Gasteiger partial charge >= 0.3 is 6.03 Å². The van der Waals surface area contributed by atoms with Crippen LogP contribution in [0.1, 0.15) is 35.9 Å². The lowest BCUT2D eigenvalue weighted by Crippen LogP contribution is -2.50. The Kier molecular flexibility index (Phi) is 7.94. The molecule has 25 heavy (non-hydrogen) atoms. The zero-order valence-corrected chi connectivity index (χ0v) is 16.3. The van der Waals surface area contributed by atoms with Crippen LogP contribution in [0.25, 0.3) is 0 Å². The van der Waals surface area contributed by atoms with Crippen molar-refractivity contribution in [2.24, 2.45) is 0 Å². The van der Waals surface area contributed by atoms with Gasteiger partial charge in [0.05, 0.1) is 13.1 Å². The second-order valence-electron chi connectivity index (χ2n) is 5.77. The van der Waals surface area contributed by atoms with E-state index in [1.54, 1.807) is 29.7 Å². The summed E-state index contributed by atoms with van der Waals surface area (Å²) in [6, 6.07) is 7.23. The van der Waals surface area contributed by atoms with E-state index in [9.17, 15) is 9.59 Å². The van der Waals surface area contributed by atoms with E-state index in [4.69, 9.17) is 0 Å². The molecule has 2 aromatic heterocycles. The van der Waals surface area contributed by atoms with E-state index >= 15 is 0 Å². The number of carbonyl (C=O) groups excluding carboxylic acids is 2. The van der Waals surface area contributed by atoms with Gasteiger partial charge in [0, 0.05) is 16.8 Å². The summed E-state index contributed by atoms with van der Waals surface area (Å²) in [5.74, 6) is -0.0288. The Morgan fingerprint density at radius 1 is 1.12 bits per heavy atom. The molecule has 2 heterocycles. The lowest BCUT2D eigenvalue weighted by molar-refractivity contribution is -0.134. The summed E-state index contributed by atoms with van der Waals surface area (Å²) in [4.78, 5) is 29.0. The highest BCUT2D eigenvalue weighted by Gasteiger charge is 2.26. The summed E-state index contributed by atoms with van der Waals surface area (Å²) in [5.41, 5.74) is 0. The van der Waals surface area contributed by atoms with E-state index in [1.807, 2.05) is 39.9 Å². The predicted molar refractivity (Wildman–Crippen MR) is 104 cm³/mol. The number of nitrogens with zero attached hydrogens (tertiary/aromatic N) is 1. The quantitative estimate of drug-likeness (QED) is 0.696. The minimum atomic E-state index is -0.500. The van der Waals surface area contributed by atoms with Crippen molar-refractivity contribution in [3.05, 3.63) is 44.8 Å². The molecule has 0 radical (unpaired) electrons. The van der Waals surface area contributed by atoms with Crippen LogP contribution in [-0.4, -0.2) is 29.9 Å². The fourth-order valence-corrected chi connectivity index (χ4v) is 3.95. The number of hydrogen-bond acceptors (Lipinski definition) is 4. The molecule has 0 aliphatic rings. The number of carbonyl (C=O) groups is 2. The van der Waals surface area contributed by atoms with Gasteiger partial charge in [0.2, 0.25) is 5.91 Å². The van der Waals surface area contributed by atoms with Crippen LogP contribution < -0.4 is 10.6 Å². The van der Waals surface area contributed by atoms with Gasteiger partial charge in [-0.3, -0.25) is 4.79 Å². The van der Waals surface area contributed by atoms with Crippen molar-refractivity contribution in [3.63, 3.8) is 0 Å². The van der Waals surface area contributed by atoms with Crippen LogP contribution in [-0.2, 0) is 17.9 Å². The summed E-state index contributed by atoms with van der Waals surface area (Å²) in [7, 11) is 1.56. The first kappa shape index (κ1) is 19.5. The minimum absolute atomic E-state index is 0.0288. The lowest BCUT2D eigenvalue weighted by atomic mass is 10.1. The van der Waals surface area contributed by atoms with Crippen molar-refractivity contribution >= 4 is 34.6 Å². The Morgan fingerprint density at radius 2 is 1.72 bits per heavy atom. The van der Waals surface area contributed by atoms with Crippen molar-refractivity contribution in [1.29, 1.82) is 0 Å². The van der Waals surface area contributed by atoms with Gasteiger partial charge in [-0.15, -0.1) is 22.7 Å². The van der Waals surface area contributed by atoms with Gasteiger partial charge in [-0.25, -0.2) is 4.79 Å². The van der Waals surface area contributed by atoms with E-state index in [0.717, 1.165) is 22.6 Å². The highest BCUT2D eigenvalue weighted by atomic mass is 32.1. The largest absolute Gasteiger partial charge is 0.341 e. The maximum atomic E-state index is 13.1. The van der Waals surface area contributed by atoms with Crippen molar-refractivity contribution < 1.29 is 9.59 Å². The molecule has 0 unspecified atom stereocenters. The number of unbranched alkanes of at least 4 members (excludes halogenated alkanes) is 1. The topological polar surface area (TPSA) is 61.4 Å². The van der Waals surface area contributed by atoms with E-state index in [0.29, 0.717) is 19.5 Å². The fourth-order valence-electron chi connectivity index (χ4n) is 2.51. The zero-order chi connectivity index (χ0) is 18.1. The van der Waals surface area contributed by atoms with Crippen LogP contribution >= 0.6 is 22.7 Å².